The van der Waals surface area contributed by atoms with Crippen LogP contribution in [0.5, 0.6) is 0 Å². The number of morpholine rings is 1. The molecule has 112 valence electrons. The highest BCUT2D eigenvalue weighted by Gasteiger charge is 2.24. The van der Waals surface area contributed by atoms with Gasteiger partial charge in [-0.2, -0.15) is 0 Å². The van der Waals surface area contributed by atoms with Crippen molar-refractivity contribution in [2.45, 2.75) is 25.5 Å². The zero-order valence-corrected chi connectivity index (χ0v) is 12.5. The molecule has 2 unspecified atom stereocenters. The summed E-state index contributed by atoms with van der Waals surface area (Å²) in [5.41, 5.74) is 0.995. The minimum atomic E-state index is -0.443. The molecule has 0 aliphatic carbocycles. The van der Waals surface area contributed by atoms with Gasteiger partial charge in [-0.05, 0) is 28.8 Å². The molecule has 0 saturated carbocycles. The van der Waals surface area contributed by atoms with Crippen LogP contribution in [-0.4, -0.2) is 42.4 Å². The van der Waals surface area contributed by atoms with Crippen LogP contribution in [-0.2, 0) is 4.74 Å². The summed E-state index contributed by atoms with van der Waals surface area (Å²) in [6.07, 6.45) is 0.617. The smallest absolute Gasteiger partial charge is 0.0917 e. The molecule has 2 atom stereocenters. The molecule has 1 saturated heterocycles. The lowest BCUT2D eigenvalue weighted by Crippen LogP contribution is -2.46. The summed E-state index contributed by atoms with van der Waals surface area (Å²) in [5, 5.41) is 13.0. The lowest BCUT2D eigenvalue weighted by Gasteiger charge is -2.36. The maximum Gasteiger partial charge on any atom is 0.0917 e. The highest BCUT2D eigenvalue weighted by molar-refractivity contribution is 5.83. The standard InChI is InChI=1S/C18H23NO2/c1-2-17-13-21-10-9-19(17)12-18(20)16-8-7-14-5-3-4-6-15(14)11-16/h3-8,11,17-18,20H,2,9-10,12-13H2,1H3. The van der Waals surface area contributed by atoms with Gasteiger partial charge in [-0.25, -0.2) is 0 Å². The topological polar surface area (TPSA) is 32.7 Å². The third kappa shape index (κ3) is 3.26. The van der Waals surface area contributed by atoms with Crippen molar-refractivity contribution in [2.75, 3.05) is 26.3 Å². The van der Waals surface area contributed by atoms with E-state index in [-0.39, 0.29) is 0 Å². The van der Waals surface area contributed by atoms with Crippen molar-refractivity contribution < 1.29 is 9.84 Å². The van der Waals surface area contributed by atoms with E-state index in [4.69, 9.17) is 4.74 Å². The van der Waals surface area contributed by atoms with Crippen molar-refractivity contribution in [3.8, 4) is 0 Å². The number of nitrogens with zero attached hydrogens (tertiary/aromatic N) is 1. The summed E-state index contributed by atoms with van der Waals surface area (Å²) in [4.78, 5) is 2.35. The first-order valence-corrected chi connectivity index (χ1v) is 7.76. The van der Waals surface area contributed by atoms with Gasteiger partial charge in [-0.1, -0.05) is 43.3 Å². The van der Waals surface area contributed by atoms with E-state index in [9.17, 15) is 5.11 Å². The summed E-state index contributed by atoms with van der Waals surface area (Å²) < 4.78 is 5.52. The molecular weight excluding hydrogens is 262 g/mol. The van der Waals surface area contributed by atoms with Crippen LogP contribution in [0.25, 0.3) is 10.8 Å². The van der Waals surface area contributed by atoms with Crippen LogP contribution < -0.4 is 0 Å². The van der Waals surface area contributed by atoms with Gasteiger partial charge < -0.3 is 9.84 Å². The van der Waals surface area contributed by atoms with Gasteiger partial charge in [0.1, 0.15) is 0 Å². The van der Waals surface area contributed by atoms with Gasteiger partial charge in [0.05, 0.1) is 19.3 Å². The number of fused-ring (bicyclic) bond motifs is 1. The molecule has 1 fully saturated rings. The SMILES string of the molecule is CCC1COCCN1CC(O)c1ccc2ccccc2c1. The first-order chi connectivity index (χ1) is 10.3. The molecule has 1 N–H and O–H groups in total. The van der Waals surface area contributed by atoms with E-state index in [1.54, 1.807) is 0 Å². The Labute approximate surface area is 126 Å². The zero-order valence-electron chi connectivity index (χ0n) is 12.5. The second-order valence-electron chi connectivity index (χ2n) is 5.75. The Morgan fingerprint density at radius 1 is 1.24 bits per heavy atom. The molecule has 21 heavy (non-hydrogen) atoms. The Morgan fingerprint density at radius 2 is 2.05 bits per heavy atom. The molecule has 2 aromatic rings. The Bertz CT molecular complexity index is 599. The van der Waals surface area contributed by atoms with Crippen molar-refractivity contribution in [1.29, 1.82) is 0 Å². The summed E-state index contributed by atoms with van der Waals surface area (Å²) >= 11 is 0. The van der Waals surface area contributed by atoms with Crippen LogP contribution in [0.3, 0.4) is 0 Å². The number of ether oxygens (including phenoxy) is 1. The van der Waals surface area contributed by atoms with E-state index in [0.29, 0.717) is 12.6 Å². The van der Waals surface area contributed by atoms with Gasteiger partial charge in [0.15, 0.2) is 0 Å². The predicted octanol–water partition coefficient (Wildman–Crippen LogP) is 2.98. The first-order valence-electron chi connectivity index (χ1n) is 7.76. The Balaban J connectivity index is 1.75. The number of aliphatic hydroxyl groups is 1. The van der Waals surface area contributed by atoms with E-state index in [2.05, 4.69) is 36.1 Å². The third-order valence-electron chi connectivity index (χ3n) is 4.39. The maximum atomic E-state index is 10.6. The summed E-state index contributed by atoms with van der Waals surface area (Å²) in [6.45, 7) is 5.31. The molecule has 0 aromatic heterocycles. The van der Waals surface area contributed by atoms with Gasteiger partial charge in [-0.3, -0.25) is 4.90 Å². The summed E-state index contributed by atoms with van der Waals surface area (Å²) in [7, 11) is 0. The molecule has 2 aromatic carbocycles. The average Bonchev–Trinajstić information content (AvgIpc) is 2.55. The van der Waals surface area contributed by atoms with Crippen LogP contribution in [0.2, 0.25) is 0 Å². The van der Waals surface area contributed by atoms with Crippen LogP contribution in [0.1, 0.15) is 25.0 Å². The molecule has 3 rings (SSSR count). The molecule has 3 heteroatoms. The highest BCUT2D eigenvalue weighted by atomic mass is 16.5. The molecule has 1 heterocycles. The number of aliphatic hydroxyl groups excluding tert-OH is 1. The second-order valence-corrected chi connectivity index (χ2v) is 5.75. The number of benzene rings is 2. The summed E-state index contributed by atoms with van der Waals surface area (Å²) in [5.74, 6) is 0. The van der Waals surface area contributed by atoms with Crippen molar-refractivity contribution in [3.05, 3.63) is 48.0 Å². The van der Waals surface area contributed by atoms with Gasteiger partial charge in [0.25, 0.3) is 0 Å². The fourth-order valence-electron chi connectivity index (χ4n) is 3.05. The van der Waals surface area contributed by atoms with Crippen molar-refractivity contribution in [3.63, 3.8) is 0 Å². The van der Waals surface area contributed by atoms with Crippen LogP contribution in [0.15, 0.2) is 42.5 Å². The Morgan fingerprint density at radius 3 is 2.86 bits per heavy atom. The molecule has 3 nitrogen and oxygen atoms in total. The lowest BCUT2D eigenvalue weighted by atomic mass is 10.0. The Kier molecular flexibility index (Phi) is 4.54. The van der Waals surface area contributed by atoms with Crippen molar-refractivity contribution >= 4 is 10.8 Å². The van der Waals surface area contributed by atoms with Crippen molar-refractivity contribution in [1.82, 2.24) is 4.90 Å². The van der Waals surface area contributed by atoms with E-state index >= 15 is 0 Å². The quantitative estimate of drug-likeness (QED) is 0.937. The minimum Gasteiger partial charge on any atom is -0.387 e. The normalized spacial score (nSPS) is 21.5. The minimum absolute atomic E-state index is 0.425. The number of hydrogen-bond acceptors (Lipinski definition) is 3. The summed E-state index contributed by atoms with van der Waals surface area (Å²) in [6, 6.07) is 14.9. The number of β-amino-alcohol motifs (C(OH)–C–C–N with tert-alkyl or cyclic N) is 1. The van der Waals surface area contributed by atoms with Gasteiger partial charge >= 0.3 is 0 Å². The second kappa shape index (κ2) is 6.56. The fraction of sp³-hybridized carbons (Fsp3) is 0.444. The fourth-order valence-corrected chi connectivity index (χ4v) is 3.05. The van der Waals surface area contributed by atoms with Crippen LogP contribution in [0.4, 0.5) is 0 Å². The van der Waals surface area contributed by atoms with Crippen molar-refractivity contribution in [2.24, 2.45) is 0 Å². The van der Waals surface area contributed by atoms with E-state index in [0.717, 1.165) is 31.7 Å². The largest absolute Gasteiger partial charge is 0.387 e. The Hall–Kier alpha value is -1.42. The molecule has 0 amide bonds. The van der Waals surface area contributed by atoms with Gasteiger partial charge in [-0.15, -0.1) is 0 Å². The zero-order chi connectivity index (χ0) is 14.7. The lowest BCUT2D eigenvalue weighted by molar-refractivity contribution is -0.0277. The van der Waals surface area contributed by atoms with Gasteiger partial charge in [0.2, 0.25) is 0 Å². The molecule has 1 aliphatic heterocycles. The average molecular weight is 285 g/mol. The third-order valence-corrected chi connectivity index (χ3v) is 4.39. The van der Waals surface area contributed by atoms with E-state index < -0.39 is 6.10 Å². The molecular formula is C18H23NO2. The van der Waals surface area contributed by atoms with E-state index in [1.807, 2.05) is 18.2 Å². The van der Waals surface area contributed by atoms with E-state index in [1.165, 1.54) is 10.8 Å². The number of hydrogen-bond donors (Lipinski definition) is 1. The number of rotatable bonds is 4. The maximum absolute atomic E-state index is 10.6. The van der Waals surface area contributed by atoms with Crippen LogP contribution >= 0.6 is 0 Å². The first kappa shape index (κ1) is 14.5. The van der Waals surface area contributed by atoms with Crippen LogP contribution in [0, 0.1) is 0 Å². The molecule has 1 aliphatic rings. The highest BCUT2D eigenvalue weighted by Crippen LogP contribution is 2.22. The molecule has 0 spiro atoms. The molecule has 0 radical (unpaired) electrons. The van der Waals surface area contributed by atoms with Gasteiger partial charge in [0, 0.05) is 19.1 Å². The molecule has 0 bridgehead atoms. The monoisotopic (exact) mass is 285 g/mol. The predicted molar refractivity (Wildman–Crippen MR) is 85.4 cm³/mol.